The number of rotatable bonds is 5. The van der Waals surface area contributed by atoms with E-state index in [1.165, 1.54) is 11.1 Å². The van der Waals surface area contributed by atoms with E-state index in [1.54, 1.807) is 0 Å². The summed E-state index contributed by atoms with van der Waals surface area (Å²) in [6, 6.07) is 12.7. The standard InChI is InChI=1S/C23H29N3O2/c1-17-4-3-5-18(2)23(17)24-22(27)16-26-11-9-25(10-12-26)15-19-6-7-21-20(14-19)8-13-28-21/h3-7,14H,8-13,15-16H2,1-2H3,(H,24,27). The molecule has 0 spiro atoms. The summed E-state index contributed by atoms with van der Waals surface area (Å²) in [5.74, 6) is 1.12. The van der Waals surface area contributed by atoms with Crippen LogP contribution in [0.5, 0.6) is 5.75 Å². The number of carbonyl (C=O) groups excluding carboxylic acids is 1. The lowest BCUT2D eigenvalue weighted by Gasteiger charge is -2.34. The van der Waals surface area contributed by atoms with Gasteiger partial charge in [0.05, 0.1) is 13.2 Å². The van der Waals surface area contributed by atoms with Gasteiger partial charge in [0, 0.05) is 44.8 Å². The Kier molecular flexibility index (Phi) is 5.64. The Morgan fingerprint density at radius 3 is 2.50 bits per heavy atom. The number of piperazine rings is 1. The number of nitrogens with one attached hydrogen (secondary N) is 1. The number of ether oxygens (including phenoxy) is 1. The molecule has 0 unspecified atom stereocenters. The van der Waals surface area contributed by atoms with Crippen LogP contribution < -0.4 is 10.1 Å². The van der Waals surface area contributed by atoms with Gasteiger partial charge in [0.25, 0.3) is 0 Å². The van der Waals surface area contributed by atoms with Crippen molar-refractivity contribution in [3.8, 4) is 5.75 Å². The topological polar surface area (TPSA) is 44.8 Å². The summed E-state index contributed by atoms with van der Waals surface area (Å²) >= 11 is 0. The molecule has 5 nitrogen and oxygen atoms in total. The van der Waals surface area contributed by atoms with Gasteiger partial charge in [-0.05, 0) is 42.2 Å². The minimum atomic E-state index is 0.0736. The van der Waals surface area contributed by atoms with Crippen molar-refractivity contribution in [1.82, 2.24) is 9.80 Å². The van der Waals surface area contributed by atoms with Crippen LogP contribution >= 0.6 is 0 Å². The number of para-hydroxylation sites is 1. The minimum Gasteiger partial charge on any atom is -0.493 e. The van der Waals surface area contributed by atoms with Crippen molar-refractivity contribution in [2.45, 2.75) is 26.8 Å². The molecule has 0 atom stereocenters. The van der Waals surface area contributed by atoms with Gasteiger partial charge in [0.15, 0.2) is 0 Å². The highest BCUT2D eigenvalue weighted by atomic mass is 16.5. The quantitative estimate of drug-likeness (QED) is 0.868. The van der Waals surface area contributed by atoms with Crippen LogP contribution in [0.15, 0.2) is 36.4 Å². The van der Waals surface area contributed by atoms with E-state index in [0.29, 0.717) is 6.54 Å². The van der Waals surface area contributed by atoms with Crippen molar-refractivity contribution in [3.63, 3.8) is 0 Å². The summed E-state index contributed by atoms with van der Waals surface area (Å²) < 4.78 is 5.59. The van der Waals surface area contributed by atoms with Crippen LogP contribution in [0.4, 0.5) is 5.69 Å². The average Bonchev–Trinajstić information content (AvgIpc) is 3.14. The smallest absolute Gasteiger partial charge is 0.238 e. The van der Waals surface area contributed by atoms with Gasteiger partial charge in [-0.25, -0.2) is 0 Å². The molecule has 0 saturated carbocycles. The van der Waals surface area contributed by atoms with Crippen molar-refractivity contribution in [1.29, 1.82) is 0 Å². The molecule has 1 saturated heterocycles. The van der Waals surface area contributed by atoms with Crippen molar-refractivity contribution < 1.29 is 9.53 Å². The highest BCUT2D eigenvalue weighted by Gasteiger charge is 2.20. The minimum absolute atomic E-state index is 0.0736. The van der Waals surface area contributed by atoms with Crippen LogP contribution in [-0.4, -0.2) is 55.0 Å². The van der Waals surface area contributed by atoms with Crippen molar-refractivity contribution >= 4 is 11.6 Å². The first-order chi connectivity index (χ1) is 13.6. The van der Waals surface area contributed by atoms with Crippen LogP contribution in [0.2, 0.25) is 0 Å². The summed E-state index contributed by atoms with van der Waals surface area (Å²) in [6.07, 6.45) is 1.02. The van der Waals surface area contributed by atoms with Gasteiger partial charge in [-0.3, -0.25) is 14.6 Å². The normalized spacial score (nSPS) is 17.2. The fourth-order valence-corrected chi connectivity index (χ4v) is 4.10. The van der Waals surface area contributed by atoms with E-state index in [4.69, 9.17) is 4.74 Å². The zero-order valence-electron chi connectivity index (χ0n) is 16.8. The maximum atomic E-state index is 12.5. The molecule has 0 bridgehead atoms. The molecule has 2 heterocycles. The lowest BCUT2D eigenvalue weighted by molar-refractivity contribution is -0.117. The Morgan fingerprint density at radius 2 is 1.75 bits per heavy atom. The molecule has 1 fully saturated rings. The van der Waals surface area contributed by atoms with Crippen LogP contribution in [0.1, 0.15) is 22.3 Å². The molecular weight excluding hydrogens is 350 g/mol. The zero-order valence-corrected chi connectivity index (χ0v) is 16.8. The molecule has 148 valence electrons. The summed E-state index contributed by atoms with van der Waals surface area (Å²) in [4.78, 5) is 17.2. The van der Waals surface area contributed by atoms with Crippen LogP contribution in [-0.2, 0) is 17.8 Å². The predicted molar refractivity (Wildman–Crippen MR) is 112 cm³/mol. The molecular formula is C23H29N3O2. The third-order valence-corrected chi connectivity index (χ3v) is 5.74. The van der Waals surface area contributed by atoms with Gasteiger partial charge in [-0.2, -0.15) is 0 Å². The molecule has 2 aromatic carbocycles. The Bertz CT molecular complexity index is 837. The maximum Gasteiger partial charge on any atom is 0.238 e. The first kappa shape index (κ1) is 19.0. The van der Waals surface area contributed by atoms with Crippen molar-refractivity contribution in [2.75, 3.05) is 44.6 Å². The highest BCUT2D eigenvalue weighted by molar-refractivity contribution is 5.93. The number of fused-ring (bicyclic) bond motifs is 1. The summed E-state index contributed by atoms with van der Waals surface area (Å²) in [7, 11) is 0. The molecule has 2 aliphatic rings. The van der Waals surface area contributed by atoms with Gasteiger partial charge >= 0.3 is 0 Å². The van der Waals surface area contributed by atoms with Gasteiger partial charge < -0.3 is 10.1 Å². The number of aryl methyl sites for hydroxylation is 2. The second-order valence-electron chi connectivity index (χ2n) is 7.91. The maximum absolute atomic E-state index is 12.5. The van der Waals surface area contributed by atoms with E-state index >= 15 is 0 Å². The number of hydrogen-bond acceptors (Lipinski definition) is 4. The predicted octanol–water partition coefficient (Wildman–Crippen LogP) is 2.99. The molecule has 2 aliphatic heterocycles. The highest BCUT2D eigenvalue weighted by Crippen LogP contribution is 2.26. The van der Waals surface area contributed by atoms with Gasteiger partial charge in [0.2, 0.25) is 5.91 Å². The molecule has 28 heavy (non-hydrogen) atoms. The largest absolute Gasteiger partial charge is 0.493 e. The molecule has 1 amide bonds. The zero-order chi connectivity index (χ0) is 19.5. The number of benzene rings is 2. The molecule has 4 rings (SSSR count). The number of hydrogen-bond donors (Lipinski definition) is 1. The van der Waals surface area contributed by atoms with Crippen molar-refractivity contribution in [3.05, 3.63) is 58.7 Å². The molecule has 5 heteroatoms. The number of carbonyl (C=O) groups is 1. The number of amides is 1. The lowest BCUT2D eigenvalue weighted by atomic mass is 10.1. The Hall–Kier alpha value is -2.37. The fraction of sp³-hybridized carbons (Fsp3) is 0.435. The second-order valence-corrected chi connectivity index (χ2v) is 7.91. The lowest BCUT2D eigenvalue weighted by Crippen LogP contribution is -2.48. The molecule has 2 aromatic rings. The van der Waals surface area contributed by atoms with E-state index in [0.717, 1.165) is 68.3 Å². The third-order valence-electron chi connectivity index (χ3n) is 5.74. The second kappa shape index (κ2) is 8.33. The Labute approximate surface area is 167 Å². The average molecular weight is 380 g/mol. The summed E-state index contributed by atoms with van der Waals surface area (Å²) in [6.45, 7) is 10.1. The SMILES string of the molecule is Cc1cccc(C)c1NC(=O)CN1CCN(Cc2ccc3c(c2)CCO3)CC1. The Morgan fingerprint density at radius 1 is 1.04 bits per heavy atom. The van der Waals surface area contributed by atoms with Crippen molar-refractivity contribution in [2.24, 2.45) is 0 Å². The van der Waals surface area contributed by atoms with E-state index in [1.807, 2.05) is 32.0 Å². The first-order valence-corrected chi connectivity index (χ1v) is 10.1. The molecule has 0 aromatic heterocycles. The summed E-state index contributed by atoms with van der Waals surface area (Å²) in [5.41, 5.74) is 5.85. The van der Waals surface area contributed by atoms with E-state index < -0.39 is 0 Å². The third kappa shape index (κ3) is 4.37. The van der Waals surface area contributed by atoms with E-state index in [2.05, 4.69) is 33.3 Å². The monoisotopic (exact) mass is 379 g/mol. The van der Waals surface area contributed by atoms with Crippen LogP contribution in [0.3, 0.4) is 0 Å². The number of anilines is 1. The fourth-order valence-electron chi connectivity index (χ4n) is 4.10. The molecule has 1 N–H and O–H groups in total. The van der Waals surface area contributed by atoms with E-state index in [-0.39, 0.29) is 5.91 Å². The molecule has 0 radical (unpaired) electrons. The Balaban J connectivity index is 1.25. The van der Waals surface area contributed by atoms with Crippen LogP contribution in [0.25, 0.3) is 0 Å². The number of nitrogens with zero attached hydrogens (tertiary/aromatic N) is 2. The van der Waals surface area contributed by atoms with Gasteiger partial charge in [-0.1, -0.05) is 30.3 Å². The van der Waals surface area contributed by atoms with Crippen LogP contribution in [0, 0.1) is 13.8 Å². The summed E-state index contributed by atoms with van der Waals surface area (Å²) in [5, 5.41) is 3.09. The van der Waals surface area contributed by atoms with Gasteiger partial charge in [-0.15, -0.1) is 0 Å². The van der Waals surface area contributed by atoms with E-state index in [9.17, 15) is 4.79 Å². The molecule has 0 aliphatic carbocycles. The van der Waals surface area contributed by atoms with Gasteiger partial charge in [0.1, 0.15) is 5.75 Å². The first-order valence-electron chi connectivity index (χ1n) is 10.1.